The van der Waals surface area contributed by atoms with Crippen LogP contribution in [0.25, 0.3) is 0 Å². The number of aliphatic hydroxyl groups excluding tert-OH is 1. The van der Waals surface area contributed by atoms with Gasteiger partial charge in [-0.2, -0.15) is 0 Å². The Morgan fingerprint density at radius 2 is 1.95 bits per heavy atom. The zero-order valence-corrected chi connectivity index (χ0v) is 25.3. The van der Waals surface area contributed by atoms with E-state index in [0.29, 0.717) is 25.4 Å². The maximum absolute atomic E-state index is 13.2. The smallest absolute Gasteiger partial charge is 0.264 e. The van der Waals surface area contributed by atoms with Crippen molar-refractivity contribution in [1.29, 1.82) is 0 Å². The molecule has 0 saturated heterocycles. The van der Waals surface area contributed by atoms with Gasteiger partial charge in [0, 0.05) is 29.1 Å². The predicted octanol–water partition coefficient (Wildman–Crippen LogP) is 5.10. The van der Waals surface area contributed by atoms with Gasteiger partial charge >= 0.3 is 0 Å². The Labute approximate surface area is 248 Å². The number of carbonyl (C=O) groups excluding carboxylic acids is 1. The summed E-state index contributed by atoms with van der Waals surface area (Å²) in [5.41, 5.74) is 3.33. The Hall–Kier alpha value is -2.55. The maximum Gasteiger partial charge on any atom is 0.264 e. The van der Waals surface area contributed by atoms with Crippen LogP contribution in [-0.4, -0.2) is 51.0 Å². The molecule has 220 valence electrons. The number of nitrogens with one attached hydrogen (secondary N) is 1. The van der Waals surface area contributed by atoms with E-state index in [9.17, 15) is 18.3 Å². The molecule has 1 unspecified atom stereocenters. The Balaban J connectivity index is 1.42. The highest BCUT2D eigenvalue weighted by Gasteiger charge is 2.44. The van der Waals surface area contributed by atoms with Gasteiger partial charge < -0.3 is 14.7 Å². The van der Waals surface area contributed by atoms with E-state index in [1.54, 1.807) is 18.2 Å². The third-order valence-electron chi connectivity index (χ3n) is 9.91. The molecule has 1 fully saturated rings. The van der Waals surface area contributed by atoms with E-state index < -0.39 is 22.0 Å². The molecule has 2 aromatic rings. The van der Waals surface area contributed by atoms with Crippen LogP contribution in [0.1, 0.15) is 61.0 Å². The number of nitrogens with zero attached hydrogens (tertiary/aromatic N) is 1. The molecule has 7 nitrogen and oxygen atoms in total. The molecule has 41 heavy (non-hydrogen) atoms. The van der Waals surface area contributed by atoms with Gasteiger partial charge in [0.05, 0.1) is 24.2 Å². The molecule has 6 atom stereocenters. The third kappa shape index (κ3) is 5.63. The van der Waals surface area contributed by atoms with Gasteiger partial charge in [0.1, 0.15) is 5.75 Å². The van der Waals surface area contributed by atoms with E-state index >= 15 is 0 Å². The summed E-state index contributed by atoms with van der Waals surface area (Å²) in [5, 5.41) is 11.9. The van der Waals surface area contributed by atoms with Crippen LogP contribution in [0, 0.1) is 23.7 Å². The largest absolute Gasteiger partial charge is 0.490 e. The van der Waals surface area contributed by atoms with Crippen molar-refractivity contribution in [2.24, 2.45) is 23.7 Å². The van der Waals surface area contributed by atoms with Gasteiger partial charge in [0.15, 0.2) is 0 Å². The van der Waals surface area contributed by atoms with Crippen LogP contribution in [0.2, 0.25) is 5.02 Å². The van der Waals surface area contributed by atoms with E-state index in [-0.39, 0.29) is 40.4 Å². The molecule has 2 aliphatic heterocycles. The lowest BCUT2D eigenvalue weighted by Crippen LogP contribution is -2.49. The number of benzene rings is 2. The molecular weight excluding hydrogens is 560 g/mol. The number of fused-ring (bicyclic) bond motifs is 4. The number of aryl methyl sites for hydroxylation is 1. The lowest BCUT2D eigenvalue weighted by Gasteiger charge is -2.45. The summed E-state index contributed by atoms with van der Waals surface area (Å²) in [4.78, 5) is 15.6. The number of hydrogen-bond donors (Lipinski definition) is 2. The van der Waals surface area contributed by atoms with Crippen LogP contribution in [0.5, 0.6) is 5.75 Å². The number of ether oxygens (including phenoxy) is 1. The number of rotatable bonds is 0. The second-order valence-electron chi connectivity index (χ2n) is 12.7. The SMILES string of the molecule is CC1CS(=O)(=O)NC(=O)c2ccc3c(c2)N(C[C@@H]2CC[C@H]2[C@@H](O)/C=C/[C@H]1C)C[C@@]1(CCCc2cc(Cl)ccc21)CO3. The van der Waals surface area contributed by atoms with E-state index in [0.717, 1.165) is 42.8 Å². The first-order valence-corrected chi connectivity index (χ1v) is 16.8. The quantitative estimate of drug-likeness (QED) is 0.410. The molecule has 0 aromatic heterocycles. The highest BCUT2D eigenvalue weighted by Crippen LogP contribution is 2.46. The van der Waals surface area contributed by atoms with Crippen molar-refractivity contribution < 1.29 is 23.1 Å². The van der Waals surface area contributed by atoms with E-state index in [4.69, 9.17) is 16.3 Å². The molecule has 0 radical (unpaired) electrons. The summed E-state index contributed by atoms with van der Waals surface area (Å²) >= 11 is 6.38. The van der Waals surface area contributed by atoms with Crippen molar-refractivity contribution >= 4 is 33.2 Å². The van der Waals surface area contributed by atoms with Gasteiger partial charge in [-0.1, -0.05) is 43.7 Å². The van der Waals surface area contributed by atoms with E-state index in [1.807, 2.05) is 32.1 Å². The number of anilines is 1. The number of aliphatic hydroxyl groups is 1. The Morgan fingerprint density at radius 1 is 1.12 bits per heavy atom. The molecule has 1 spiro atoms. The van der Waals surface area contributed by atoms with Gasteiger partial charge in [0.25, 0.3) is 5.91 Å². The Morgan fingerprint density at radius 3 is 2.73 bits per heavy atom. The highest BCUT2D eigenvalue weighted by atomic mass is 35.5. The van der Waals surface area contributed by atoms with Gasteiger partial charge in [-0.05, 0) is 97.2 Å². The summed E-state index contributed by atoms with van der Waals surface area (Å²) < 4.78 is 34.7. The summed E-state index contributed by atoms with van der Waals surface area (Å²) in [6.07, 6.45) is 8.11. The molecule has 6 rings (SSSR count). The molecular formula is C32H39ClN2O5S. The first-order chi connectivity index (χ1) is 19.5. The van der Waals surface area contributed by atoms with Gasteiger partial charge in [-0.25, -0.2) is 13.1 Å². The standard InChI is InChI=1S/C32H39ClN2O5S/c1-20-5-11-29(36)26-9-6-24(26)16-35-18-32(13-3-4-22-14-25(33)8-10-27(22)32)19-40-30-12-7-23(15-28(30)35)31(37)34-41(38,39)17-21(20)2/h5,7-8,10-12,14-15,20-21,24,26,29,36H,3-4,6,9,13,16-19H2,1-2H3,(H,34,37)/b11-5+/t20-,21?,24+,26-,29+,32+/m1/s1. The fraction of sp³-hybridized carbons (Fsp3) is 0.531. The van der Waals surface area contributed by atoms with Crippen molar-refractivity contribution in [2.45, 2.75) is 57.5 Å². The van der Waals surface area contributed by atoms with E-state index in [1.165, 1.54) is 11.1 Å². The zero-order chi connectivity index (χ0) is 28.9. The molecule has 2 aromatic carbocycles. The molecule has 1 saturated carbocycles. The topological polar surface area (TPSA) is 95.9 Å². The van der Waals surface area contributed by atoms with Crippen LogP contribution in [0.4, 0.5) is 5.69 Å². The predicted molar refractivity (Wildman–Crippen MR) is 161 cm³/mol. The van der Waals surface area contributed by atoms with Crippen LogP contribution in [0.3, 0.4) is 0 Å². The van der Waals surface area contributed by atoms with Crippen LogP contribution in [0.15, 0.2) is 48.6 Å². The van der Waals surface area contributed by atoms with E-state index in [2.05, 4.69) is 21.8 Å². The molecule has 2 N–H and O–H groups in total. The Bertz CT molecular complexity index is 1480. The number of allylic oxidation sites excluding steroid dienone is 1. The van der Waals surface area contributed by atoms with Gasteiger partial charge in [0.2, 0.25) is 10.0 Å². The average Bonchev–Trinajstić information content (AvgIpc) is 3.05. The first kappa shape index (κ1) is 28.6. The fourth-order valence-corrected chi connectivity index (χ4v) is 8.84. The minimum atomic E-state index is -3.86. The van der Waals surface area contributed by atoms with Crippen molar-refractivity contribution in [2.75, 3.05) is 30.3 Å². The number of amides is 1. The first-order valence-electron chi connectivity index (χ1n) is 14.8. The molecule has 2 heterocycles. The zero-order valence-electron chi connectivity index (χ0n) is 23.7. The lowest BCUT2D eigenvalue weighted by atomic mass is 9.68. The van der Waals surface area contributed by atoms with Crippen molar-refractivity contribution in [3.63, 3.8) is 0 Å². The molecule has 2 bridgehead atoms. The summed E-state index contributed by atoms with van der Waals surface area (Å²) in [5.74, 6) is -0.0304. The monoisotopic (exact) mass is 598 g/mol. The van der Waals surface area contributed by atoms with Crippen LogP contribution >= 0.6 is 11.6 Å². The number of hydrogen-bond acceptors (Lipinski definition) is 6. The van der Waals surface area contributed by atoms with Crippen molar-refractivity contribution in [3.05, 3.63) is 70.3 Å². The molecule has 2 aliphatic carbocycles. The minimum Gasteiger partial charge on any atom is -0.490 e. The lowest BCUT2D eigenvalue weighted by molar-refractivity contribution is 0.0454. The summed E-state index contributed by atoms with van der Waals surface area (Å²) in [6.45, 7) is 5.71. The highest BCUT2D eigenvalue weighted by molar-refractivity contribution is 7.90. The molecule has 4 aliphatic rings. The molecule has 9 heteroatoms. The normalized spacial score (nSPS) is 33.8. The van der Waals surface area contributed by atoms with Gasteiger partial charge in [-0.3, -0.25) is 4.79 Å². The maximum atomic E-state index is 13.2. The van der Waals surface area contributed by atoms with Crippen LogP contribution < -0.4 is 14.4 Å². The second-order valence-corrected chi connectivity index (χ2v) is 14.9. The fourth-order valence-electron chi connectivity index (χ4n) is 7.17. The van der Waals surface area contributed by atoms with Crippen LogP contribution in [-0.2, 0) is 21.9 Å². The molecule has 1 amide bonds. The number of sulfonamides is 1. The number of halogens is 1. The number of carbonyl (C=O) groups is 1. The summed E-state index contributed by atoms with van der Waals surface area (Å²) in [6, 6.07) is 11.4. The minimum absolute atomic E-state index is 0.0730. The van der Waals surface area contributed by atoms with Crippen molar-refractivity contribution in [1.82, 2.24) is 4.72 Å². The Kier molecular flexibility index (Phi) is 7.62. The van der Waals surface area contributed by atoms with Gasteiger partial charge in [-0.15, -0.1) is 0 Å². The van der Waals surface area contributed by atoms with Crippen molar-refractivity contribution in [3.8, 4) is 5.75 Å². The third-order valence-corrected chi connectivity index (χ3v) is 11.6. The average molecular weight is 599 g/mol. The summed E-state index contributed by atoms with van der Waals surface area (Å²) in [7, 11) is -3.86. The second kappa shape index (κ2) is 10.9.